The highest BCUT2D eigenvalue weighted by molar-refractivity contribution is 7.80. The molecule has 0 spiro atoms. The summed E-state index contributed by atoms with van der Waals surface area (Å²) < 4.78 is 0. The fourth-order valence-corrected chi connectivity index (χ4v) is 0.642. The van der Waals surface area contributed by atoms with E-state index in [9.17, 15) is 0 Å². The molecule has 68 valence electrons. The summed E-state index contributed by atoms with van der Waals surface area (Å²) in [5, 5.41) is 15.3. The molecule has 0 saturated heterocycles. The highest BCUT2D eigenvalue weighted by atomic mass is 32.1. The highest BCUT2D eigenvalue weighted by Crippen LogP contribution is 1.88. The summed E-state index contributed by atoms with van der Waals surface area (Å²) >= 11 is 4.54. The zero-order valence-corrected chi connectivity index (χ0v) is 7.85. The first-order chi connectivity index (χ1) is 5.61. The van der Waals surface area contributed by atoms with E-state index < -0.39 is 0 Å². The van der Waals surface area contributed by atoms with E-state index in [-0.39, 0.29) is 5.11 Å². The van der Waals surface area contributed by atoms with Crippen molar-refractivity contribution < 1.29 is 5.21 Å². The van der Waals surface area contributed by atoms with Crippen LogP contribution >= 0.6 is 12.2 Å². The minimum Gasteiger partial charge on any atom is -0.411 e. The second kappa shape index (κ2) is 5.48. The Labute approximate surface area is 76.3 Å². The van der Waals surface area contributed by atoms with Crippen LogP contribution in [-0.2, 0) is 0 Å². The lowest BCUT2D eigenvalue weighted by Gasteiger charge is -2.01. The molecule has 0 saturated carbocycles. The molecule has 0 radical (unpaired) electrons. The van der Waals surface area contributed by atoms with Crippen molar-refractivity contribution in [3.63, 3.8) is 0 Å². The van der Waals surface area contributed by atoms with Gasteiger partial charge in [-0.2, -0.15) is 5.10 Å². The first-order valence-electron chi connectivity index (χ1n) is 3.42. The maximum absolute atomic E-state index is 8.42. The number of nitrogens with zero attached hydrogens (tertiary/aromatic N) is 2. The van der Waals surface area contributed by atoms with Crippen molar-refractivity contribution >= 4 is 28.8 Å². The van der Waals surface area contributed by atoms with Crippen LogP contribution in [0.25, 0.3) is 0 Å². The minimum atomic E-state index is 0.0895. The largest absolute Gasteiger partial charge is 0.411 e. The van der Waals surface area contributed by atoms with Crippen LogP contribution in [-0.4, -0.2) is 21.7 Å². The molecule has 0 fully saturated rings. The van der Waals surface area contributed by atoms with E-state index in [4.69, 9.17) is 10.9 Å². The number of oxime groups is 1. The van der Waals surface area contributed by atoms with E-state index in [1.807, 2.05) is 6.92 Å². The zero-order valence-electron chi connectivity index (χ0n) is 7.03. The predicted octanol–water partition coefficient (Wildman–Crippen LogP) is 0.436. The SMILES string of the molecule is CCC(=N/NC(N)=S)/C(C)=N/O. The van der Waals surface area contributed by atoms with Crippen molar-refractivity contribution in [3.8, 4) is 0 Å². The fraction of sp³-hybridized carbons (Fsp3) is 0.500. The number of hydrazone groups is 1. The third-order valence-electron chi connectivity index (χ3n) is 1.20. The van der Waals surface area contributed by atoms with Gasteiger partial charge in [0.05, 0.1) is 11.4 Å². The third-order valence-corrected chi connectivity index (χ3v) is 1.29. The maximum atomic E-state index is 8.42. The van der Waals surface area contributed by atoms with Crippen molar-refractivity contribution in [1.82, 2.24) is 5.43 Å². The molecule has 0 amide bonds. The molecule has 5 nitrogen and oxygen atoms in total. The molecule has 12 heavy (non-hydrogen) atoms. The lowest BCUT2D eigenvalue weighted by atomic mass is 10.2. The first kappa shape index (κ1) is 10.8. The second-order valence-electron chi connectivity index (χ2n) is 2.07. The molecule has 0 aromatic rings. The Morgan fingerprint density at radius 1 is 1.67 bits per heavy atom. The number of thiocarbonyl (C=S) groups is 1. The molecule has 0 atom stereocenters. The van der Waals surface area contributed by atoms with Crippen molar-refractivity contribution in [1.29, 1.82) is 0 Å². The summed E-state index contributed by atoms with van der Waals surface area (Å²) in [6, 6.07) is 0. The quantitative estimate of drug-likeness (QED) is 0.260. The molecule has 0 aromatic carbocycles. The van der Waals surface area contributed by atoms with Crippen LogP contribution in [0.2, 0.25) is 0 Å². The standard InChI is InChI=1S/C6H12N4OS/c1-3-5(4(2)10-11)8-9-6(7)12/h11H,3H2,1-2H3,(H3,7,9,12)/b8-5-,10-4+. The van der Waals surface area contributed by atoms with Crippen molar-refractivity contribution in [3.05, 3.63) is 0 Å². The molecule has 0 aliphatic carbocycles. The van der Waals surface area contributed by atoms with Crippen LogP contribution in [0.1, 0.15) is 20.3 Å². The summed E-state index contributed by atoms with van der Waals surface area (Å²) in [5.74, 6) is 0. The molecule has 0 bridgehead atoms. The normalized spacial score (nSPS) is 12.8. The Hall–Kier alpha value is -1.17. The van der Waals surface area contributed by atoms with Crippen LogP contribution < -0.4 is 11.2 Å². The average Bonchev–Trinajstić information content (AvgIpc) is 2.04. The molecular weight excluding hydrogens is 176 g/mol. The molecule has 0 heterocycles. The summed E-state index contributed by atoms with van der Waals surface area (Å²) in [7, 11) is 0. The Bertz CT molecular complexity index is 224. The molecule has 4 N–H and O–H groups in total. The minimum absolute atomic E-state index is 0.0895. The molecule has 6 heteroatoms. The second-order valence-corrected chi connectivity index (χ2v) is 2.51. The Kier molecular flexibility index (Phi) is 4.94. The topological polar surface area (TPSA) is 83.0 Å². The number of rotatable bonds is 3. The molecule has 0 aliphatic heterocycles. The maximum Gasteiger partial charge on any atom is 0.184 e. The number of nitrogens with two attached hydrogens (primary N) is 1. The fourth-order valence-electron chi connectivity index (χ4n) is 0.596. The Morgan fingerprint density at radius 3 is 2.58 bits per heavy atom. The molecular formula is C6H12N4OS. The van der Waals surface area contributed by atoms with Gasteiger partial charge >= 0.3 is 0 Å². The Morgan fingerprint density at radius 2 is 2.25 bits per heavy atom. The first-order valence-corrected chi connectivity index (χ1v) is 3.83. The molecule has 0 unspecified atom stereocenters. The van der Waals surface area contributed by atoms with Crippen LogP contribution in [0.3, 0.4) is 0 Å². The van der Waals surface area contributed by atoms with Crippen LogP contribution in [0, 0.1) is 0 Å². The van der Waals surface area contributed by atoms with Gasteiger partial charge in [-0.25, -0.2) is 0 Å². The molecule has 0 rings (SSSR count). The van der Waals surface area contributed by atoms with Gasteiger partial charge in [-0.05, 0) is 25.6 Å². The van der Waals surface area contributed by atoms with Crippen LogP contribution in [0.5, 0.6) is 0 Å². The molecule has 0 aliphatic rings. The van der Waals surface area contributed by atoms with E-state index in [0.29, 0.717) is 17.8 Å². The van der Waals surface area contributed by atoms with E-state index in [2.05, 4.69) is 27.9 Å². The van der Waals surface area contributed by atoms with Gasteiger partial charge < -0.3 is 10.9 Å². The van der Waals surface area contributed by atoms with Gasteiger partial charge in [0.2, 0.25) is 0 Å². The van der Waals surface area contributed by atoms with Gasteiger partial charge in [0, 0.05) is 0 Å². The van der Waals surface area contributed by atoms with Gasteiger partial charge in [-0.15, -0.1) is 0 Å². The Balaban J connectivity index is 4.33. The predicted molar refractivity (Wildman–Crippen MR) is 52.5 cm³/mol. The van der Waals surface area contributed by atoms with Gasteiger partial charge in [-0.1, -0.05) is 12.1 Å². The van der Waals surface area contributed by atoms with Gasteiger partial charge in [0.1, 0.15) is 0 Å². The smallest absolute Gasteiger partial charge is 0.184 e. The van der Waals surface area contributed by atoms with Gasteiger partial charge in [0.15, 0.2) is 5.11 Å². The van der Waals surface area contributed by atoms with Crippen LogP contribution in [0.15, 0.2) is 10.3 Å². The number of hydrogen-bond donors (Lipinski definition) is 3. The van der Waals surface area contributed by atoms with Crippen molar-refractivity contribution in [2.45, 2.75) is 20.3 Å². The van der Waals surface area contributed by atoms with Gasteiger partial charge in [-0.3, -0.25) is 5.43 Å². The van der Waals surface area contributed by atoms with Crippen molar-refractivity contribution in [2.24, 2.45) is 16.0 Å². The number of hydrogen-bond acceptors (Lipinski definition) is 4. The summed E-state index contributed by atoms with van der Waals surface area (Å²) in [6.45, 7) is 3.53. The lowest BCUT2D eigenvalue weighted by molar-refractivity contribution is 0.319. The summed E-state index contributed by atoms with van der Waals surface area (Å²) in [4.78, 5) is 0. The van der Waals surface area contributed by atoms with E-state index in [0.717, 1.165) is 0 Å². The molecule has 0 aromatic heterocycles. The van der Waals surface area contributed by atoms with E-state index >= 15 is 0 Å². The zero-order chi connectivity index (χ0) is 9.56. The van der Waals surface area contributed by atoms with E-state index in [1.165, 1.54) is 0 Å². The van der Waals surface area contributed by atoms with Gasteiger partial charge in [0.25, 0.3) is 0 Å². The van der Waals surface area contributed by atoms with Crippen LogP contribution in [0.4, 0.5) is 0 Å². The summed E-state index contributed by atoms with van der Waals surface area (Å²) in [6.07, 6.45) is 0.644. The lowest BCUT2D eigenvalue weighted by Crippen LogP contribution is -2.26. The van der Waals surface area contributed by atoms with E-state index in [1.54, 1.807) is 6.92 Å². The highest BCUT2D eigenvalue weighted by Gasteiger charge is 2.00. The monoisotopic (exact) mass is 188 g/mol. The number of nitrogens with one attached hydrogen (secondary N) is 1. The summed E-state index contributed by atoms with van der Waals surface area (Å²) in [5.41, 5.74) is 8.63. The third kappa shape index (κ3) is 3.87. The average molecular weight is 188 g/mol. The van der Waals surface area contributed by atoms with Crippen molar-refractivity contribution in [2.75, 3.05) is 0 Å².